The van der Waals surface area contributed by atoms with Gasteiger partial charge in [0.05, 0.1) is 21.5 Å². The van der Waals surface area contributed by atoms with E-state index in [4.69, 9.17) is 0 Å². The Labute approximate surface area is 112 Å². The van der Waals surface area contributed by atoms with Gasteiger partial charge in [-0.3, -0.25) is 4.21 Å². The zero-order chi connectivity index (χ0) is 14.0. The standard InChI is InChI=1S/C12H15N3O3S/c1-3-6-19(18)8-4-5-9-10(7-8)14-12(2,13-9)15-11(16)17/h4-5,7,15H,3,6H2,1-2H3,(H,16,17)/p-1. The second kappa shape index (κ2) is 5.08. The van der Waals surface area contributed by atoms with Gasteiger partial charge in [0.25, 0.3) is 0 Å². The van der Waals surface area contributed by atoms with Gasteiger partial charge in [0, 0.05) is 17.6 Å². The van der Waals surface area contributed by atoms with Crippen molar-refractivity contribution in [2.75, 3.05) is 5.75 Å². The van der Waals surface area contributed by atoms with E-state index < -0.39 is 22.7 Å². The SMILES string of the molecule is CCCS(=O)c1ccc2c(c1)=NC(C)(NC(=O)[O-])N=2. The minimum Gasteiger partial charge on any atom is -0.530 e. The molecule has 7 heteroatoms. The first-order chi connectivity index (χ1) is 8.93. The largest absolute Gasteiger partial charge is 0.530 e. The third kappa shape index (κ3) is 2.98. The van der Waals surface area contributed by atoms with Gasteiger partial charge in [0.2, 0.25) is 5.79 Å². The summed E-state index contributed by atoms with van der Waals surface area (Å²) in [6.07, 6.45) is -0.604. The van der Waals surface area contributed by atoms with Gasteiger partial charge in [-0.25, -0.2) is 9.98 Å². The van der Waals surface area contributed by atoms with E-state index in [0.29, 0.717) is 21.4 Å². The number of carboxylic acid groups (broad SMARTS) is 1. The van der Waals surface area contributed by atoms with E-state index >= 15 is 0 Å². The van der Waals surface area contributed by atoms with E-state index in [1.54, 1.807) is 18.2 Å². The van der Waals surface area contributed by atoms with Crippen LogP contribution in [-0.4, -0.2) is 21.8 Å². The van der Waals surface area contributed by atoms with Crippen molar-refractivity contribution < 1.29 is 14.1 Å². The van der Waals surface area contributed by atoms with Crippen molar-refractivity contribution >= 4 is 16.9 Å². The molecule has 6 nitrogen and oxygen atoms in total. The second-order valence-corrected chi connectivity index (χ2v) is 5.93. The van der Waals surface area contributed by atoms with E-state index in [2.05, 4.69) is 15.3 Å². The lowest BCUT2D eigenvalue weighted by Crippen LogP contribution is -2.48. The first-order valence-electron chi connectivity index (χ1n) is 5.91. The average molecular weight is 280 g/mol. The van der Waals surface area contributed by atoms with Crippen LogP contribution in [0.1, 0.15) is 20.3 Å². The highest BCUT2D eigenvalue weighted by molar-refractivity contribution is 7.85. The van der Waals surface area contributed by atoms with Gasteiger partial charge >= 0.3 is 0 Å². The van der Waals surface area contributed by atoms with Crippen LogP contribution in [0, 0.1) is 0 Å². The smallest absolute Gasteiger partial charge is 0.224 e. The molecule has 0 spiro atoms. The van der Waals surface area contributed by atoms with Crippen LogP contribution in [0.25, 0.3) is 0 Å². The molecule has 0 fully saturated rings. The van der Waals surface area contributed by atoms with Gasteiger partial charge in [-0.1, -0.05) is 6.92 Å². The summed E-state index contributed by atoms with van der Waals surface area (Å²) in [4.78, 5) is 19.6. The number of fused-ring (bicyclic) bond motifs is 1. The minimum absolute atomic E-state index is 0.540. The number of hydrogen-bond donors (Lipinski definition) is 1. The molecule has 0 bridgehead atoms. The van der Waals surface area contributed by atoms with Crippen LogP contribution in [0.2, 0.25) is 0 Å². The van der Waals surface area contributed by atoms with Crippen molar-refractivity contribution in [3.8, 4) is 0 Å². The molecule has 0 radical (unpaired) electrons. The number of nitrogens with zero attached hydrogens (tertiary/aromatic N) is 2. The molecule has 0 saturated heterocycles. The second-order valence-electron chi connectivity index (χ2n) is 4.36. The molecule has 1 N–H and O–H groups in total. The topological polar surface area (TPSA) is 94.0 Å². The molecule has 1 aromatic rings. The molecule has 0 saturated carbocycles. The lowest BCUT2D eigenvalue weighted by atomic mass is 10.3. The number of benzene rings is 1. The highest BCUT2D eigenvalue weighted by Crippen LogP contribution is 2.10. The van der Waals surface area contributed by atoms with Gasteiger partial charge in [-0.2, -0.15) is 0 Å². The summed E-state index contributed by atoms with van der Waals surface area (Å²) in [5, 5.41) is 13.8. The van der Waals surface area contributed by atoms with Gasteiger partial charge in [0.1, 0.15) is 6.09 Å². The van der Waals surface area contributed by atoms with Crippen LogP contribution in [0.15, 0.2) is 33.1 Å². The Morgan fingerprint density at radius 1 is 1.42 bits per heavy atom. The van der Waals surface area contributed by atoms with Crippen molar-refractivity contribution in [3.05, 3.63) is 28.9 Å². The molecule has 2 unspecified atom stereocenters. The van der Waals surface area contributed by atoms with Gasteiger partial charge in [-0.15, -0.1) is 0 Å². The Balaban J connectivity index is 2.39. The molecule has 2 atom stereocenters. The lowest BCUT2D eigenvalue weighted by molar-refractivity contribution is -0.252. The molecule has 2 rings (SSSR count). The number of nitrogens with one attached hydrogen (secondary N) is 1. The van der Waals surface area contributed by atoms with Crippen molar-refractivity contribution in [1.29, 1.82) is 0 Å². The van der Waals surface area contributed by atoms with Crippen molar-refractivity contribution in [1.82, 2.24) is 5.32 Å². The molecular formula is C12H14N3O3S-. The summed E-state index contributed by atoms with van der Waals surface area (Å²) in [5.74, 6) is -0.670. The third-order valence-electron chi connectivity index (χ3n) is 2.61. The summed E-state index contributed by atoms with van der Waals surface area (Å²) < 4.78 is 11.9. The predicted molar refractivity (Wildman–Crippen MR) is 67.3 cm³/mol. The monoisotopic (exact) mass is 280 g/mol. The van der Waals surface area contributed by atoms with E-state index in [9.17, 15) is 14.1 Å². The first kappa shape index (κ1) is 13.7. The summed E-state index contributed by atoms with van der Waals surface area (Å²) in [7, 11) is -1.06. The van der Waals surface area contributed by atoms with Crippen molar-refractivity contribution in [2.45, 2.75) is 31.0 Å². The Morgan fingerprint density at radius 2 is 2.11 bits per heavy atom. The first-order valence-corrected chi connectivity index (χ1v) is 7.23. The molecule has 1 heterocycles. The van der Waals surface area contributed by atoms with Gasteiger partial charge in [0.15, 0.2) is 0 Å². The maximum atomic E-state index is 11.9. The Morgan fingerprint density at radius 3 is 2.74 bits per heavy atom. The molecule has 1 aliphatic heterocycles. The number of rotatable bonds is 4. The van der Waals surface area contributed by atoms with E-state index in [-0.39, 0.29) is 0 Å². The summed E-state index contributed by atoms with van der Waals surface area (Å²) >= 11 is 0. The Kier molecular flexibility index (Phi) is 3.66. The minimum atomic E-state index is -1.43. The molecular weight excluding hydrogens is 266 g/mol. The number of carbonyl (C=O) groups excluding carboxylic acids is 1. The summed E-state index contributed by atoms with van der Waals surface area (Å²) in [5.41, 5.74) is 0. The fourth-order valence-corrected chi connectivity index (χ4v) is 2.94. The van der Waals surface area contributed by atoms with Crippen LogP contribution in [0.4, 0.5) is 4.79 Å². The molecule has 1 aliphatic rings. The fraction of sp³-hybridized carbons (Fsp3) is 0.417. The normalized spacial score (nSPS) is 22.0. The molecule has 19 heavy (non-hydrogen) atoms. The Bertz CT molecular complexity index is 659. The van der Waals surface area contributed by atoms with E-state index in [1.165, 1.54) is 6.92 Å². The third-order valence-corrected chi connectivity index (χ3v) is 4.17. The summed E-state index contributed by atoms with van der Waals surface area (Å²) in [6, 6.07) is 5.12. The zero-order valence-corrected chi connectivity index (χ0v) is 11.5. The highest BCUT2D eigenvalue weighted by atomic mass is 32.2. The van der Waals surface area contributed by atoms with Gasteiger partial charge < -0.3 is 15.2 Å². The van der Waals surface area contributed by atoms with E-state index in [0.717, 1.165) is 6.42 Å². The number of hydrogen-bond acceptors (Lipinski definition) is 5. The van der Waals surface area contributed by atoms with Crippen LogP contribution >= 0.6 is 0 Å². The molecule has 0 aromatic heterocycles. The quantitative estimate of drug-likeness (QED) is 0.771. The van der Waals surface area contributed by atoms with Crippen LogP contribution < -0.4 is 21.1 Å². The molecule has 102 valence electrons. The highest BCUT2D eigenvalue weighted by Gasteiger charge is 2.24. The van der Waals surface area contributed by atoms with Crippen LogP contribution in [0.3, 0.4) is 0 Å². The molecule has 1 aromatic carbocycles. The molecule has 1 amide bonds. The lowest BCUT2D eigenvalue weighted by Gasteiger charge is -2.20. The number of amides is 1. The van der Waals surface area contributed by atoms with Crippen LogP contribution in [0.5, 0.6) is 0 Å². The molecule has 0 aliphatic carbocycles. The maximum absolute atomic E-state index is 11.9. The van der Waals surface area contributed by atoms with Gasteiger partial charge in [-0.05, 0) is 24.6 Å². The van der Waals surface area contributed by atoms with Crippen molar-refractivity contribution in [3.63, 3.8) is 0 Å². The van der Waals surface area contributed by atoms with Crippen LogP contribution in [-0.2, 0) is 10.8 Å². The number of carbonyl (C=O) groups is 1. The summed E-state index contributed by atoms with van der Waals surface area (Å²) in [6.45, 7) is 3.50. The zero-order valence-electron chi connectivity index (χ0n) is 10.7. The maximum Gasteiger partial charge on any atom is 0.224 e. The van der Waals surface area contributed by atoms with E-state index in [1.807, 2.05) is 6.92 Å². The predicted octanol–water partition coefficient (Wildman–Crippen LogP) is -0.936. The fourth-order valence-electron chi connectivity index (χ4n) is 1.88. The van der Waals surface area contributed by atoms with Crippen molar-refractivity contribution in [2.24, 2.45) is 9.98 Å². The average Bonchev–Trinajstić information content (AvgIpc) is 2.62. The Hall–Kier alpha value is -1.76.